The first-order valence-corrected chi connectivity index (χ1v) is 7.76. The third-order valence-corrected chi connectivity index (χ3v) is 4.46. The Morgan fingerprint density at radius 1 is 0.950 bits per heavy atom. The third-order valence-electron chi connectivity index (χ3n) is 3.49. The van der Waals surface area contributed by atoms with Gasteiger partial charge >= 0.3 is 0 Å². The molecule has 0 fully saturated rings. The molecule has 0 saturated heterocycles. The van der Waals surface area contributed by atoms with Crippen molar-refractivity contribution in [2.75, 3.05) is 5.32 Å². The summed E-state index contributed by atoms with van der Waals surface area (Å²) in [5.41, 5.74) is 3.88. The second-order valence-electron chi connectivity index (χ2n) is 6.10. The molecule has 3 rings (SSSR count). The molecule has 1 heterocycles. The number of benzene rings is 2. The maximum absolute atomic E-state index is 3.52. The molecule has 0 aliphatic carbocycles. The summed E-state index contributed by atoms with van der Waals surface area (Å²) in [7, 11) is 0. The molecule has 0 unspecified atom stereocenters. The first kappa shape index (κ1) is 13.2. The molecule has 0 atom stereocenters. The minimum absolute atomic E-state index is 0.181. The molecule has 1 N–H and O–H groups in total. The fourth-order valence-corrected chi connectivity index (χ4v) is 3.14. The number of anilines is 2. The number of para-hydroxylation sites is 1. The molecule has 0 saturated carbocycles. The summed E-state index contributed by atoms with van der Waals surface area (Å²) >= 11 is 1.79. The molecule has 2 heteroatoms. The lowest BCUT2D eigenvalue weighted by atomic mass is 9.86. The van der Waals surface area contributed by atoms with Gasteiger partial charge in [0.15, 0.2) is 0 Å². The quantitative estimate of drug-likeness (QED) is 0.612. The smallest absolute Gasteiger partial charge is 0.0573 e. The van der Waals surface area contributed by atoms with Crippen LogP contribution >= 0.6 is 11.3 Å². The Kier molecular flexibility index (Phi) is 3.27. The number of hydrogen-bond donors (Lipinski definition) is 1. The highest BCUT2D eigenvalue weighted by atomic mass is 32.1. The molecular formula is C18H19NS. The summed E-state index contributed by atoms with van der Waals surface area (Å²) in [5, 5.41) is 7.03. The van der Waals surface area contributed by atoms with Crippen LogP contribution in [0.5, 0.6) is 0 Å². The first-order valence-electron chi connectivity index (χ1n) is 6.88. The molecule has 1 aromatic heterocycles. The molecule has 3 aromatic rings. The van der Waals surface area contributed by atoms with Crippen molar-refractivity contribution in [3.8, 4) is 0 Å². The van der Waals surface area contributed by atoms with Crippen LogP contribution in [0.2, 0.25) is 0 Å². The van der Waals surface area contributed by atoms with Gasteiger partial charge in [0.2, 0.25) is 0 Å². The molecule has 2 aromatic carbocycles. The Bertz CT molecular complexity index is 720. The summed E-state index contributed by atoms with van der Waals surface area (Å²) in [5.74, 6) is 0. The molecule has 0 amide bonds. The minimum Gasteiger partial charge on any atom is -0.354 e. The molecular weight excluding hydrogens is 262 g/mol. The lowest BCUT2D eigenvalue weighted by molar-refractivity contribution is 0.591. The zero-order valence-corrected chi connectivity index (χ0v) is 12.9. The molecule has 0 bridgehead atoms. The summed E-state index contributed by atoms with van der Waals surface area (Å²) in [6, 6.07) is 17.1. The molecule has 102 valence electrons. The van der Waals surface area contributed by atoms with Crippen molar-refractivity contribution in [1.29, 1.82) is 0 Å². The van der Waals surface area contributed by atoms with Crippen LogP contribution in [0.1, 0.15) is 26.3 Å². The normalized spacial score (nSPS) is 11.8. The van der Waals surface area contributed by atoms with Crippen LogP contribution in [0.25, 0.3) is 10.1 Å². The summed E-state index contributed by atoms with van der Waals surface area (Å²) in [4.78, 5) is 0. The van der Waals surface area contributed by atoms with Crippen molar-refractivity contribution in [1.82, 2.24) is 0 Å². The lowest BCUT2D eigenvalue weighted by Gasteiger charge is -2.19. The van der Waals surface area contributed by atoms with E-state index in [4.69, 9.17) is 0 Å². The van der Waals surface area contributed by atoms with Crippen molar-refractivity contribution in [3.05, 3.63) is 59.5 Å². The number of fused-ring (bicyclic) bond motifs is 1. The molecule has 0 aliphatic heterocycles. The monoisotopic (exact) mass is 281 g/mol. The van der Waals surface area contributed by atoms with Gasteiger partial charge < -0.3 is 5.32 Å². The van der Waals surface area contributed by atoms with Gasteiger partial charge in [-0.15, -0.1) is 11.3 Å². The van der Waals surface area contributed by atoms with E-state index >= 15 is 0 Å². The van der Waals surface area contributed by atoms with Gasteiger partial charge in [-0.05, 0) is 35.2 Å². The van der Waals surface area contributed by atoms with Crippen LogP contribution in [0, 0.1) is 0 Å². The highest BCUT2D eigenvalue weighted by Crippen LogP contribution is 2.35. The second kappa shape index (κ2) is 4.95. The van der Waals surface area contributed by atoms with E-state index < -0.39 is 0 Å². The van der Waals surface area contributed by atoms with E-state index in [1.807, 2.05) is 6.07 Å². The summed E-state index contributed by atoms with van der Waals surface area (Å²) < 4.78 is 1.33. The van der Waals surface area contributed by atoms with Crippen molar-refractivity contribution < 1.29 is 0 Å². The molecule has 20 heavy (non-hydrogen) atoms. The van der Waals surface area contributed by atoms with Gasteiger partial charge in [-0.3, -0.25) is 0 Å². The molecule has 1 nitrogen and oxygen atoms in total. The lowest BCUT2D eigenvalue weighted by Crippen LogP contribution is -2.10. The topological polar surface area (TPSA) is 12.0 Å². The number of rotatable bonds is 2. The Hall–Kier alpha value is -1.80. The van der Waals surface area contributed by atoms with Crippen LogP contribution in [-0.4, -0.2) is 0 Å². The Balaban J connectivity index is 2.03. The van der Waals surface area contributed by atoms with E-state index in [9.17, 15) is 0 Å². The maximum atomic E-state index is 3.52. The van der Waals surface area contributed by atoms with E-state index in [0.717, 1.165) is 5.69 Å². The summed E-state index contributed by atoms with van der Waals surface area (Å²) in [6.07, 6.45) is 0. The fourth-order valence-electron chi connectivity index (χ4n) is 2.27. The molecule has 0 spiro atoms. The number of nitrogens with one attached hydrogen (secondary N) is 1. The van der Waals surface area contributed by atoms with Crippen molar-refractivity contribution >= 4 is 32.8 Å². The van der Waals surface area contributed by atoms with Crippen molar-refractivity contribution in [2.45, 2.75) is 26.2 Å². The SMILES string of the molecule is CC(C)(C)c1ccc2scc(Nc3ccccc3)c2c1. The predicted octanol–water partition coefficient (Wildman–Crippen LogP) is 5.94. The first-order chi connectivity index (χ1) is 9.54. The Morgan fingerprint density at radius 3 is 2.40 bits per heavy atom. The van der Waals surface area contributed by atoms with Crippen molar-refractivity contribution in [3.63, 3.8) is 0 Å². The van der Waals surface area contributed by atoms with Crippen LogP contribution in [0.15, 0.2) is 53.9 Å². The van der Waals surface area contributed by atoms with Crippen LogP contribution in [0.4, 0.5) is 11.4 Å². The van der Waals surface area contributed by atoms with Gasteiger partial charge in [0.1, 0.15) is 0 Å². The third kappa shape index (κ3) is 2.56. The van der Waals surface area contributed by atoms with Gasteiger partial charge in [-0.25, -0.2) is 0 Å². The van der Waals surface area contributed by atoms with E-state index in [1.165, 1.54) is 21.3 Å². The van der Waals surface area contributed by atoms with Crippen molar-refractivity contribution in [2.24, 2.45) is 0 Å². The van der Waals surface area contributed by atoms with E-state index in [2.05, 4.69) is 73.9 Å². The minimum atomic E-state index is 0.181. The fraction of sp³-hybridized carbons (Fsp3) is 0.222. The van der Waals surface area contributed by atoms with Gasteiger partial charge in [-0.2, -0.15) is 0 Å². The average Bonchev–Trinajstić information content (AvgIpc) is 2.82. The zero-order chi connectivity index (χ0) is 14.2. The van der Waals surface area contributed by atoms with E-state index in [0.29, 0.717) is 0 Å². The second-order valence-corrected chi connectivity index (χ2v) is 7.01. The predicted molar refractivity (Wildman–Crippen MR) is 90.2 cm³/mol. The zero-order valence-electron chi connectivity index (χ0n) is 12.1. The van der Waals surface area contributed by atoms with Gasteiger partial charge in [-0.1, -0.05) is 45.0 Å². The Labute approximate surface area is 124 Å². The highest BCUT2D eigenvalue weighted by Gasteiger charge is 2.15. The number of thiophene rings is 1. The van der Waals surface area contributed by atoms with Gasteiger partial charge in [0.05, 0.1) is 5.69 Å². The highest BCUT2D eigenvalue weighted by molar-refractivity contribution is 7.17. The molecule has 0 radical (unpaired) electrons. The average molecular weight is 281 g/mol. The van der Waals surface area contributed by atoms with Gasteiger partial charge in [0.25, 0.3) is 0 Å². The van der Waals surface area contributed by atoms with Crippen LogP contribution in [-0.2, 0) is 5.41 Å². The standard InChI is InChI=1S/C18H19NS/c1-18(2,3)13-9-10-17-15(11-13)16(12-20-17)19-14-7-5-4-6-8-14/h4-12,19H,1-3H3. The van der Waals surface area contributed by atoms with E-state index in [-0.39, 0.29) is 5.41 Å². The van der Waals surface area contributed by atoms with Gasteiger partial charge in [0, 0.05) is 21.2 Å². The Morgan fingerprint density at radius 2 is 1.70 bits per heavy atom. The largest absolute Gasteiger partial charge is 0.354 e. The van der Waals surface area contributed by atoms with Crippen LogP contribution in [0.3, 0.4) is 0 Å². The molecule has 0 aliphatic rings. The van der Waals surface area contributed by atoms with E-state index in [1.54, 1.807) is 11.3 Å². The summed E-state index contributed by atoms with van der Waals surface area (Å²) in [6.45, 7) is 6.76. The number of hydrogen-bond acceptors (Lipinski definition) is 2. The van der Waals surface area contributed by atoms with Crippen LogP contribution < -0.4 is 5.32 Å². The maximum Gasteiger partial charge on any atom is 0.0573 e.